The van der Waals surface area contributed by atoms with Crippen LogP contribution in [0.3, 0.4) is 0 Å². The number of likely N-dealkylation sites (tertiary alicyclic amines) is 1. The zero-order valence-corrected chi connectivity index (χ0v) is 17.8. The fraction of sp³-hybridized carbons (Fsp3) is 0.556. The normalized spacial score (nSPS) is 16.1. The van der Waals surface area contributed by atoms with Crippen LogP contribution < -0.4 is 4.72 Å². The topological polar surface area (TPSA) is 84.3 Å². The number of hydrogen-bond donors (Lipinski definition) is 1. The minimum absolute atomic E-state index is 0.0224. The van der Waals surface area contributed by atoms with E-state index in [9.17, 15) is 13.2 Å². The first-order valence-electron chi connectivity index (χ1n) is 9.18. The Morgan fingerprint density at radius 2 is 2.04 bits per heavy atom. The van der Waals surface area contributed by atoms with Gasteiger partial charge in [0.15, 0.2) is 0 Å². The number of carbonyl (C=O) groups excluding carboxylic acids is 1. The molecule has 0 radical (unpaired) electrons. The average Bonchev–Trinajstić information content (AvgIpc) is 3.33. The van der Waals surface area contributed by atoms with E-state index in [-0.39, 0.29) is 16.8 Å². The minimum Gasteiger partial charge on any atom is -0.347 e. The van der Waals surface area contributed by atoms with Gasteiger partial charge in [0.25, 0.3) is 5.91 Å². The second-order valence-corrected chi connectivity index (χ2v) is 9.75. The van der Waals surface area contributed by atoms with E-state index >= 15 is 0 Å². The Morgan fingerprint density at radius 1 is 1.37 bits per heavy atom. The van der Waals surface area contributed by atoms with Crippen LogP contribution in [0.1, 0.15) is 48.5 Å². The van der Waals surface area contributed by atoms with Crippen LogP contribution in [0, 0.1) is 6.92 Å². The molecule has 0 unspecified atom stereocenters. The molecule has 1 aliphatic rings. The number of aromatic nitrogens is 2. The number of sulfonamides is 1. The van der Waals surface area contributed by atoms with Gasteiger partial charge in [-0.3, -0.25) is 4.79 Å². The summed E-state index contributed by atoms with van der Waals surface area (Å²) in [6, 6.07) is 1.48. The molecule has 1 amide bonds. The van der Waals surface area contributed by atoms with Crippen LogP contribution in [-0.2, 0) is 17.1 Å². The van der Waals surface area contributed by atoms with Crippen molar-refractivity contribution < 1.29 is 13.2 Å². The Morgan fingerprint density at radius 3 is 2.67 bits per heavy atom. The molecule has 2 aromatic heterocycles. The molecule has 0 aromatic carbocycles. The van der Waals surface area contributed by atoms with Crippen LogP contribution in [0.5, 0.6) is 0 Å². The van der Waals surface area contributed by atoms with Gasteiger partial charge in [-0.15, -0.1) is 11.3 Å². The third-order valence-corrected chi connectivity index (χ3v) is 7.59. The highest BCUT2D eigenvalue weighted by atomic mass is 32.2. The highest BCUT2D eigenvalue weighted by Crippen LogP contribution is 2.31. The summed E-state index contributed by atoms with van der Waals surface area (Å²) in [5.41, 5.74) is 1.38. The maximum Gasteiger partial charge on any atom is 0.265 e. The van der Waals surface area contributed by atoms with Gasteiger partial charge in [-0.25, -0.2) is 18.1 Å². The highest BCUT2D eigenvalue weighted by Gasteiger charge is 2.26. The summed E-state index contributed by atoms with van der Waals surface area (Å²) in [6.45, 7) is 7.18. The first-order chi connectivity index (χ1) is 12.7. The molecule has 1 fully saturated rings. The Balaban J connectivity index is 1.91. The van der Waals surface area contributed by atoms with Gasteiger partial charge in [-0.1, -0.05) is 6.92 Å². The van der Waals surface area contributed by atoms with E-state index < -0.39 is 10.0 Å². The molecule has 7 nitrogen and oxygen atoms in total. The van der Waals surface area contributed by atoms with E-state index in [1.165, 1.54) is 11.3 Å². The second-order valence-electron chi connectivity index (χ2n) is 7.04. The Bertz CT molecular complexity index is 940. The molecule has 0 bridgehead atoms. The number of aryl methyl sites for hydroxylation is 2. The highest BCUT2D eigenvalue weighted by molar-refractivity contribution is 7.89. The van der Waals surface area contributed by atoms with Crippen molar-refractivity contribution in [3.8, 4) is 10.7 Å². The standard InChI is InChI=1S/C18H26N4O3S2/c1-5-12(2)20-27(24,25)14-10-15(21(4)11-14)17-19-13(3)16(26-17)18(23)22-8-6-7-9-22/h10-12,20H,5-9H2,1-4H3/t12-/m0/s1. The maximum atomic E-state index is 12.7. The molecule has 1 atom stereocenters. The van der Waals surface area contributed by atoms with Crippen molar-refractivity contribution in [3.05, 3.63) is 22.8 Å². The quantitative estimate of drug-likeness (QED) is 0.794. The number of nitrogens with one attached hydrogen (secondary N) is 1. The number of amides is 1. The van der Waals surface area contributed by atoms with Gasteiger partial charge < -0.3 is 9.47 Å². The zero-order valence-electron chi connectivity index (χ0n) is 16.2. The summed E-state index contributed by atoms with van der Waals surface area (Å²) in [5, 5.41) is 0.655. The van der Waals surface area contributed by atoms with Gasteiger partial charge in [0, 0.05) is 32.4 Å². The van der Waals surface area contributed by atoms with Crippen LogP contribution in [0.2, 0.25) is 0 Å². The molecular weight excluding hydrogens is 384 g/mol. The number of nitrogens with zero attached hydrogens (tertiary/aromatic N) is 3. The monoisotopic (exact) mass is 410 g/mol. The lowest BCUT2D eigenvalue weighted by Crippen LogP contribution is -2.31. The Hall–Kier alpha value is -1.71. The van der Waals surface area contributed by atoms with Crippen molar-refractivity contribution in [1.82, 2.24) is 19.2 Å². The third-order valence-electron chi connectivity index (χ3n) is 4.86. The van der Waals surface area contributed by atoms with E-state index in [2.05, 4.69) is 9.71 Å². The van der Waals surface area contributed by atoms with E-state index in [0.717, 1.165) is 25.9 Å². The summed E-state index contributed by atoms with van der Waals surface area (Å²) in [4.78, 5) is 19.9. The van der Waals surface area contributed by atoms with Crippen molar-refractivity contribution in [1.29, 1.82) is 0 Å². The van der Waals surface area contributed by atoms with Gasteiger partial charge in [0.2, 0.25) is 10.0 Å². The Kier molecular flexibility index (Phi) is 5.73. The molecule has 1 saturated heterocycles. The SMILES string of the molecule is CC[C@H](C)NS(=O)(=O)c1cc(-c2nc(C)c(C(=O)N3CCCC3)s2)n(C)c1. The number of carbonyl (C=O) groups is 1. The van der Waals surface area contributed by atoms with Gasteiger partial charge >= 0.3 is 0 Å². The average molecular weight is 411 g/mol. The summed E-state index contributed by atoms with van der Waals surface area (Å²) in [6.07, 6.45) is 4.38. The number of rotatable bonds is 6. The lowest BCUT2D eigenvalue weighted by molar-refractivity contribution is 0.0796. The molecule has 9 heteroatoms. The molecule has 1 aliphatic heterocycles. The van der Waals surface area contributed by atoms with Crippen molar-refractivity contribution in [3.63, 3.8) is 0 Å². The molecule has 148 valence electrons. The minimum atomic E-state index is -3.58. The predicted molar refractivity (Wildman–Crippen MR) is 106 cm³/mol. The first-order valence-corrected chi connectivity index (χ1v) is 11.5. The molecule has 0 aliphatic carbocycles. The molecule has 27 heavy (non-hydrogen) atoms. The largest absolute Gasteiger partial charge is 0.347 e. The van der Waals surface area contributed by atoms with E-state index in [4.69, 9.17) is 0 Å². The molecule has 2 aromatic rings. The van der Waals surface area contributed by atoms with Gasteiger partial charge in [0.05, 0.1) is 11.4 Å². The van der Waals surface area contributed by atoms with E-state index in [1.807, 2.05) is 25.7 Å². The summed E-state index contributed by atoms with van der Waals surface area (Å²) < 4.78 is 29.5. The molecule has 0 saturated carbocycles. The predicted octanol–water partition coefficient (Wildman–Crippen LogP) is 2.77. The fourth-order valence-corrected chi connectivity index (χ4v) is 5.57. The smallest absolute Gasteiger partial charge is 0.265 e. The zero-order chi connectivity index (χ0) is 19.8. The van der Waals surface area contributed by atoms with Gasteiger partial charge in [-0.05, 0) is 39.2 Å². The van der Waals surface area contributed by atoms with Crippen molar-refractivity contribution in [2.45, 2.75) is 51.0 Å². The maximum absolute atomic E-state index is 12.7. The lowest BCUT2D eigenvalue weighted by Gasteiger charge is -2.13. The van der Waals surface area contributed by atoms with Gasteiger partial charge in [-0.2, -0.15) is 0 Å². The summed E-state index contributed by atoms with van der Waals surface area (Å²) in [5.74, 6) is 0.0224. The number of thiazole rings is 1. The fourth-order valence-electron chi connectivity index (χ4n) is 3.08. The third kappa shape index (κ3) is 4.09. The van der Waals surface area contributed by atoms with Crippen molar-refractivity contribution in [2.24, 2.45) is 7.05 Å². The van der Waals surface area contributed by atoms with E-state index in [1.54, 1.807) is 23.9 Å². The second kappa shape index (κ2) is 7.73. The van der Waals surface area contributed by atoms with Crippen LogP contribution in [0.25, 0.3) is 10.7 Å². The molecule has 0 spiro atoms. The van der Waals surface area contributed by atoms with Crippen LogP contribution in [0.4, 0.5) is 0 Å². The van der Waals surface area contributed by atoms with E-state index in [0.29, 0.717) is 27.7 Å². The molecular formula is C18H26N4O3S2. The molecule has 1 N–H and O–H groups in total. The Labute approximate surface area is 164 Å². The van der Waals surface area contributed by atoms with Crippen LogP contribution in [0.15, 0.2) is 17.2 Å². The van der Waals surface area contributed by atoms with Crippen molar-refractivity contribution in [2.75, 3.05) is 13.1 Å². The van der Waals surface area contributed by atoms with Gasteiger partial charge in [0.1, 0.15) is 14.8 Å². The molecule has 3 rings (SSSR count). The molecule has 3 heterocycles. The van der Waals surface area contributed by atoms with Crippen molar-refractivity contribution >= 4 is 27.3 Å². The summed E-state index contributed by atoms with van der Waals surface area (Å²) in [7, 11) is -1.80. The summed E-state index contributed by atoms with van der Waals surface area (Å²) >= 11 is 1.33. The van der Waals surface area contributed by atoms with Crippen LogP contribution in [-0.4, -0.2) is 47.9 Å². The van der Waals surface area contributed by atoms with Crippen LogP contribution >= 0.6 is 11.3 Å². The first kappa shape index (κ1) is 20.0. The lowest BCUT2D eigenvalue weighted by atomic mass is 10.3. The number of hydrogen-bond acceptors (Lipinski definition) is 5.